The van der Waals surface area contributed by atoms with Crippen LogP contribution < -0.4 is 5.32 Å². The molecule has 27 heavy (non-hydrogen) atoms. The molecule has 4 saturated carbocycles. The van der Waals surface area contributed by atoms with Crippen LogP contribution in [0, 0.1) is 33.5 Å². The smallest absolute Gasteiger partial charge is 0.136 e. The Morgan fingerprint density at radius 3 is 2.67 bits per heavy atom. The highest BCUT2D eigenvalue weighted by molar-refractivity contribution is 5.85. The van der Waals surface area contributed by atoms with Gasteiger partial charge in [0, 0.05) is 29.2 Å². The molecule has 146 valence electrons. The van der Waals surface area contributed by atoms with Gasteiger partial charge in [0.25, 0.3) is 0 Å². The Morgan fingerprint density at radius 2 is 2.00 bits per heavy atom. The Balaban J connectivity index is 1.61. The number of carbonyl (C=O) groups excluding carboxylic acids is 1. The molecule has 2 nitrogen and oxygen atoms in total. The second kappa shape index (κ2) is 5.26. The molecule has 6 atom stereocenters. The topological polar surface area (TPSA) is 29.1 Å². The van der Waals surface area contributed by atoms with Gasteiger partial charge in [0.15, 0.2) is 0 Å². The molecule has 0 aromatic rings. The van der Waals surface area contributed by atoms with Crippen molar-refractivity contribution in [2.24, 2.45) is 33.5 Å². The lowest BCUT2D eigenvalue weighted by atomic mass is 9.59. The van der Waals surface area contributed by atoms with Gasteiger partial charge in [-0.1, -0.05) is 52.0 Å². The quantitative estimate of drug-likeness (QED) is 0.727. The van der Waals surface area contributed by atoms with Gasteiger partial charge in [0.2, 0.25) is 0 Å². The van der Waals surface area contributed by atoms with Gasteiger partial charge in [0.05, 0.1) is 0 Å². The van der Waals surface area contributed by atoms with Gasteiger partial charge in [-0.3, -0.25) is 4.79 Å². The molecule has 5 aliphatic carbocycles. The van der Waals surface area contributed by atoms with Crippen LogP contribution in [-0.2, 0) is 4.79 Å². The molecule has 0 unspecified atom stereocenters. The van der Waals surface area contributed by atoms with Crippen molar-refractivity contribution in [1.82, 2.24) is 5.32 Å². The van der Waals surface area contributed by atoms with Crippen molar-refractivity contribution >= 4 is 5.78 Å². The molecule has 0 aliphatic heterocycles. The monoisotopic (exact) mass is 365 g/mol. The Bertz CT molecular complexity index is 801. The summed E-state index contributed by atoms with van der Waals surface area (Å²) >= 11 is 0. The zero-order valence-electron chi connectivity index (χ0n) is 17.7. The van der Waals surface area contributed by atoms with Gasteiger partial charge < -0.3 is 5.32 Å². The summed E-state index contributed by atoms with van der Waals surface area (Å²) in [6, 6.07) is 0.555. The molecule has 0 saturated heterocycles. The largest absolute Gasteiger partial charge is 0.316 e. The first-order valence-corrected chi connectivity index (χ1v) is 11.1. The van der Waals surface area contributed by atoms with Crippen molar-refractivity contribution in [3.05, 3.63) is 35.5 Å². The van der Waals surface area contributed by atoms with E-state index in [1.807, 2.05) is 0 Å². The Labute approximate surface area is 164 Å². The minimum absolute atomic E-state index is 0.0628. The molecule has 2 heteroatoms. The van der Waals surface area contributed by atoms with E-state index in [-0.39, 0.29) is 16.2 Å². The predicted octanol–water partition coefficient (Wildman–Crippen LogP) is 5.22. The summed E-state index contributed by atoms with van der Waals surface area (Å²) in [7, 11) is 2.11. The zero-order valence-corrected chi connectivity index (χ0v) is 17.7. The first-order chi connectivity index (χ1) is 12.7. The fourth-order valence-corrected chi connectivity index (χ4v) is 7.79. The first-order valence-electron chi connectivity index (χ1n) is 11.1. The molecular formula is C25H35NO. The standard InChI is InChI=1S/C25H35NO/c1-6-16-12-25-14-19(25)17-13-24(11-9-21(26-5)22(24,2)3)10-7-8-18(17)23(25,4)15-20(16)27/h7-8,10,13,16,19,21,26H,6,9,11-12,14-15H2,1-5H3/t16-,19+,21-,23-,24-,25+/m0/s1. The van der Waals surface area contributed by atoms with Crippen LogP contribution in [0.15, 0.2) is 35.5 Å². The second-order valence-electron chi connectivity index (χ2n) is 10.9. The molecule has 5 rings (SSSR count). The molecule has 4 fully saturated rings. The Hall–Kier alpha value is -1.15. The molecule has 2 spiro atoms. The number of Topliss-reactive ketones (excluding diaryl/α,β-unsaturated/α-hetero) is 1. The highest BCUT2D eigenvalue weighted by atomic mass is 16.1. The lowest BCUT2D eigenvalue weighted by Gasteiger charge is -2.43. The van der Waals surface area contributed by atoms with E-state index in [0.29, 0.717) is 29.1 Å². The number of nitrogens with one attached hydrogen (secondary N) is 1. The average Bonchev–Trinajstić information content (AvgIpc) is 3.28. The van der Waals surface area contributed by atoms with Gasteiger partial charge in [0.1, 0.15) is 5.78 Å². The Morgan fingerprint density at radius 1 is 1.22 bits per heavy atom. The third-order valence-electron chi connectivity index (χ3n) is 9.88. The predicted molar refractivity (Wildman–Crippen MR) is 110 cm³/mol. The summed E-state index contributed by atoms with van der Waals surface area (Å²) in [5.41, 5.74) is 3.88. The number of carbonyl (C=O) groups is 1. The highest BCUT2D eigenvalue weighted by Crippen LogP contribution is 2.81. The minimum Gasteiger partial charge on any atom is -0.316 e. The zero-order chi connectivity index (χ0) is 19.2. The number of hydrogen-bond acceptors (Lipinski definition) is 2. The van der Waals surface area contributed by atoms with E-state index in [2.05, 4.69) is 64.4 Å². The normalized spacial score (nSPS) is 49.2. The average molecular weight is 366 g/mol. The van der Waals surface area contributed by atoms with Crippen molar-refractivity contribution in [2.75, 3.05) is 7.05 Å². The first kappa shape index (κ1) is 17.9. The van der Waals surface area contributed by atoms with Crippen LogP contribution in [0.3, 0.4) is 0 Å². The molecule has 5 aliphatic rings. The number of hydrogen-bond donors (Lipinski definition) is 1. The van der Waals surface area contributed by atoms with E-state index < -0.39 is 0 Å². The summed E-state index contributed by atoms with van der Waals surface area (Å²) in [6.07, 6.45) is 16.5. The van der Waals surface area contributed by atoms with E-state index in [1.54, 1.807) is 5.57 Å². The SMILES string of the molecule is CC[C@H]1C[C@@]23C[C@@H]2C2=C[C@]4(C=CC=C2[C@]3(C)CC1=O)CC[C@H](NC)C4(C)C. The fraction of sp³-hybridized carbons (Fsp3) is 0.720. The molecule has 0 heterocycles. The highest BCUT2D eigenvalue weighted by Gasteiger charge is 2.74. The van der Waals surface area contributed by atoms with Crippen molar-refractivity contribution < 1.29 is 4.79 Å². The maximum Gasteiger partial charge on any atom is 0.136 e. The van der Waals surface area contributed by atoms with Crippen LogP contribution in [0.2, 0.25) is 0 Å². The van der Waals surface area contributed by atoms with Gasteiger partial charge in [-0.25, -0.2) is 0 Å². The van der Waals surface area contributed by atoms with Crippen molar-refractivity contribution in [3.63, 3.8) is 0 Å². The summed E-state index contributed by atoms with van der Waals surface area (Å²) < 4.78 is 0. The van der Waals surface area contributed by atoms with Crippen LogP contribution in [0.4, 0.5) is 0 Å². The van der Waals surface area contributed by atoms with E-state index in [4.69, 9.17) is 0 Å². The third-order valence-corrected chi connectivity index (χ3v) is 9.88. The molecule has 0 amide bonds. The van der Waals surface area contributed by atoms with E-state index >= 15 is 0 Å². The van der Waals surface area contributed by atoms with Crippen LogP contribution >= 0.6 is 0 Å². The molecule has 0 aromatic heterocycles. The van der Waals surface area contributed by atoms with E-state index in [1.165, 1.54) is 24.8 Å². The molecule has 0 aromatic carbocycles. The van der Waals surface area contributed by atoms with Crippen LogP contribution in [0.25, 0.3) is 0 Å². The molecule has 1 N–H and O–H groups in total. The van der Waals surface area contributed by atoms with Crippen LogP contribution in [-0.4, -0.2) is 18.9 Å². The van der Waals surface area contributed by atoms with Crippen molar-refractivity contribution in [2.45, 2.75) is 72.3 Å². The number of rotatable bonds is 2. The van der Waals surface area contributed by atoms with Gasteiger partial charge in [-0.2, -0.15) is 0 Å². The summed E-state index contributed by atoms with van der Waals surface area (Å²) in [4.78, 5) is 12.9. The molecule has 0 radical (unpaired) electrons. The number of allylic oxidation sites excluding steroid dienone is 6. The maximum atomic E-state index is 12.9. The third kappa shape index (κ3) is 1.94. The second-order valence-corrected chi connectivity index (χ2v) is 10.9. The van der Waals surface area contributed by atoms with Crippen molar-refractivity contribution in [1.29, 1.82) is 0 Å². The van der Waals surface area contributed by atoms with E-state index in [0.717, 1.165) is 19.3 Å². The fourth-order valence-electron chi connectivity index (χ4n) is 7.79. The maximum absolute atomic E-state index is 12.9. The van der Waals surface area contributed by atoms with Crippen LogP contribution in [0.1, 0.15) is 66.2 Å². The summed E-state index contributed by atoms with van der Waals surface area (Å²) in [5.74, 6) is 1.50. The van der Waals surface area contributed by atoms with Crippen molar-refractivity contribution in [3.8, 4) is 0 Å². The summed E-state index contributed by atoms with van der Waals surface area (Å²) in [6.45, 7) is 9.49. The lowest BCUT2D eigenvalue weighted by Crippen LogP contribution is -2.43. The van der Waals surface area contributed by atoms with Crippen LogP contribution in [0.5, 0.6) is 0 Å². The number of fused-ring (bicyclic) bond motifs is 3. The van der Waals surface area contributed by atoms with E-state index in [9.17, 15) is 4.79 Å². The van der Waals surface area contributed by atoms with Gasteiger partial charge >= 0.3 is 0 Å². The minimum atomic E-state index is 0.0628. The molecule has 0 bridgehead atoms. The summed E-state index contributed by atoms with van der Waals surface area (Å²) in [5, 5.41) is 3.58. The van der Waals surface area contributed by atoms with Gasteiger partial charge in [-0.05, 0) is 67.0 Å². The number of ketones is 1. The van der Waals surface area contributed by atoms with Gasteiger partial charge in [-0.15, -0.1) is 0 Å². The lowest BCUT2D eigenvalue weighted by molar-refractivity contribution is -0.130. The molecular weight excluding hydrogens is 330 g/mol. The Kier molecular flexibility index (Phi) is 3.49.